The summed E-state index contributed by atoms with van der Waals surface area (Å²) in [5.41, 5.74) is 3.18. The molecule has 0 bridgehead atoms. The van der Waals surface area contributed by atoms with Gasteiger partial charge in [0.2, 0.25) is 5.91 Å². The lowest BCUT2D eigenvalue weighted by Gasteiger charge is -2.26. The van der Waals surface area contributed by atoms with Crippen LogP contribution in [0.15, 0.2) is 36.5 Å². The third-order valence-corrected chi connectivity index (χ3v) is 5.37. The summed E-state index contributed by atoms with van der Waals surface area (Å²) in [7, 11) is 0. The van der Waals surface area contributed by atoms with Gasteiger partial charge in [0.25, 0.3) is 0 Å². The molecule has 0 N–H and O–H groups in total. The van der Waals surface area contributed by atoms with Crippen molar-refractivity contribution in [1.82, 2.24) is 14.7 Å². The van der Waals surface area contributed by atoms with Gasteiger partial charge in [-0.1, -0.05) is 18.2 Å². The molecule has 5 heteroatoms. The number of carbonyl (C=O) groups excluding carboxylic acids is 1. The van der Waals surface area contributed by atoms with Crippen LogP contribution in [0.4, 0.5) is 5.69 Å². The molecule has 1 aromatic carbocycles. The van der Waals surface area contributed by atoms with Crippen LogP contribution in [0.3, 0.4) is 0 Å². The largest absolute Gasteiger partial charge is 0.310 e. The van der Waals surface area contributed by atoms with Crippen molar-refractivity contribution in [3.05, 3.63) is 47.8 Å². The van der Waals surface area contributed by atoms with Crippen LogP contribution in [0.25, 0.3) is 0 Å². The van der Waals surface area contributed by atoms with Crippen LogP contribution >= 0.6 is 0 Å². The number of aromatic nitrogens is 2. The monoisotopic (exact) mass is 338 g/mol. The molecule has 2 aliphatic heterocycles. The molecular formula is C20H26N4O. The quantitative estimate of drug-likeness (QED) is 0.864. The molecule has 0 saturated carbocycles. The second-order valence-electron chi connectivity index (χ2n) is 7.46. The van der Waals surface area contributed by atoms with Gasteiger partial charge in [-0.25, -0.2) is 0 Å². The van der Waals surface area contributed by atoms with Crippen molar-refractivity contribution >= 4 is 11.6 Å². The van der Waals surface area contributed by atoms with Gasteiger partial charge in [-0.15, -0.1) is 0 Å². The van der Waals surface area contributed by atoms with Gasteiger partial charge in [0.15, 0.2) is 0 Å². The molecule has 2 aromatic rings. The van der Waals surface area contributed by atoms with Crippen molar-refractivity contribution in [1.29, 1.82) is 0 Å². The molecule has 4 rings (SSSR count). The Morgan fingerprint density at radius 2 is 2.12 bits per heavy atom. The number of rotatable bonds is 3. The van der Waals surface area contributed by atoms with Gasteiger partial charge in [-0.05, 0) is 50.9 Å². The van der Waals surface area contributed by atoms with Crippen LogP contribution in [0.1, 0.15) is 44.0 Å². The maximum Gasteiger partial charge on any atom is 0.233 e. The molecule has 1 atom stereocenters. The summed E-state index contributed by atoms with van der Waals surface area (Å²) in [6.45, 7) is 7.07. The number of amides is 1. The number of hydrogen-bond acceptors (Lipinski definition) is 3. The second-order valence-corrected chi connectivity index (χ2v) is 7.46. The molecule has 1 aromatic heterocycles. The molecule has 0 unspecified atom stereocenters. The molecule has 0 radical (unpaired) electrons. The number of nitrogens with zero attached hydrogens (tertiary/aromatic N) is 4. The Balaban J connectivity index is 1.59. The minimum Gasteiger partial charge on any atom is -0.310 e. The summed E-state index contributed by atoms with van der Waals surface area (Å²) in [6.07, 6.45) is 4.73. The summed E-state index contributed by atoms with van der Waals surface area (Å²) >= 11 is 0. The van der Waals surface area contributed by atoms with Crippen molar-refractivity contribution in [3.8, 4) is 0 Å². The lowest BCUT2D eigenvalue weighted by atomic mass is 10.1. The van der Waals surface area contributed by atoms with Crippen LogP contribution in [0.2, 0.25) is 0 Å². The summed E-state index contributed by atoms with van der Waals surface area (Å²) in [5, 5.41) is 4.55. The van der Waals surface area contributed by atoms with Crippen LogP contribution in [-0.2, 0) is 17.8 Å². The molecule has 132 valence electrons. The summed E-state index contributed by atoms with van der Waals surface area (Å²) in [4.78, 5) is 17.6. The van der Waals surface area contributed by atoms with E-state index in [-0.39, 0.29) is 5.91 Å². The van der Waals surface area contributed by atoms with Gasteiger partial charge < -0.3 is 4.90 Å². The molecule has 1 amide bonds. The number of hydrogen-bond donors (Lipinski definition) is 0. The Kier molecular flexibility index (Phi) is 4.34. The minimum absolute atomic E-state index is 0.148. The molecule has 5 nitrogen and oxygen atoms in total. The molecule has 2 aliphatic rings. The molecule has 3 heterocycles. The fourth-order valence-electron chi connectivity index (χ4n) is 3.99. The molecule has 0 aliphatic carbocycles. The zero-order valence-electron chi connectivity index (χ0n) is 15.1. The van der Waals surface area contributed by atoms with Crippen molar-refractivity contribution in [3.63, 3.8) is 0 Å². The molecular weight excluding hydrogens is 312 g/mol. The van der Waals surface area contributed by atoms with E-state index >= 15 is 0 Å². The predicted molar refractivity (Wildman–Crippen MR) is 98.5 cm³/mol. The third-order valence-electron chi connectivity index (χ3n) is 5.37. The first-order valence-corrected chi connectivity index (χ1v) is 9.28. The van der Waals surface area contributed by atoms with E-state index in [9.17, 15) is 4.79 Å². The van der Waals surface area contributed by atoms with E-state index in [1.165, 1.54) is 18.4 Å². The number of carbonyl (C=O) groups is 1. The van der Waals surface area contributed by atoms with Crippen LogP contribution in [-0.4, -0.2) is 39.7 Å². The summed E-state index contributed by atoms with van der Waals surface area (Å²) < 4.78 is 1.91. The summed E-state index contributed by atoms with van der Waals surface area (Å²) in [6, 6.07) is 11.1. The van der Waals surface area contributed by atoms with Gasteiger partial charge in [0.05, 0.1) is 12.1 Å². The number of anilines is 1. The van der Waals surface area contributed by atoms with Gasteiger partial charge in [0.1, 0.15) is 0 Å². The number of para-hydroxylation sites is 1. The highest BCUT2D eigenvalue weighted by Gasteiger charge is 2.33. The Morgan fingerprint density at radius 3 is 2.92 bits per heavy atom. The van der Waals surface area contributed by atoms with E-state index in [0.717, 1.165) is 31.0 Å². The van der Waals surface area contributed by atoms with Gasteiger partial charge >= 0.3 is 0 Å². The average molecular weight is 338 g/mol. The minimum atomic E-state index is 0.148. The van der Waals surface area contributed by atoms with E-state index < -0.39 is 0 Å². The maximum absolute atomic E-state index is 13.1. The zero-order chi connectivity index (χ0) is 17.4. The van der Waals surface area contributed by atoms with E-state index in [4.69, 9.17) is 0 Å². The smallest absolute Gasteiger partial charge is 0.233 e. The Bertz CT molecular complexity index is 767. The molecule has 1 fully saturated rings. The van der Waals surface area contributed by atoms with Gasteiger partial charge in [-0.2, -0.15) is 5.10 Å². The SMILES string of the molecule is CC(C)n1ccc(CC(=O)N2C[C@@H]3CCCN3Cc3ccccc32)n1. The van der Waals surface area contributed by atoms with Crippen LogP contribution < -0.4 is 4.90 Å². The van der Waals surface area contributed by atoms with Crippen LogP contribution in [0.5, 0.6) is 0 Å². The second kappa shape index (κ2) is 6.64. The topological polar surface area (TPSA) is 41.4 Å². The van der Waals surface area contributed by atoms with Crippen molar-refractivity contribution in [2.24, 2.45) is 0 Å². The van der Waals surface area contributed by atoms with Crippen LogP contribution in [0, 0.1) is 0 Å². The Labute approximate surface area is 149 Å². The maximum atomic E-state index is 13.1. The first kappa shape index (κ1) is 16.3. The van der Waals surface area contributed by atoms with E-state index in [1.54, 1.807) is 0 Å². The predicted octanol–water partition coefficient (Wildman–Crippen LogP) is 3.02. The van der Waals surface area contributed by atoms with Gasteiger partial charge in [-0.3, -0.25) is 14.4 Å². The van der Waals surface area contributed by atoms with E-state index in [2.05, 4.69) is 42.0 Å². The normalized spacial score (nSPS) is 20.4. The van der Waals surface area contributed by atoms with Gasteiger partial charge in [0, 0.05) is 37.1 Å². The van der Waals surface area contributed by atoms with E-state index in [0.29, 0.717) is 18.5 Å². The fraction of sp³-hybridized carbons (Fsp3) is 0.500. The van der Waals surface area contributed by atoms with Crippen molar-refractivity contribution < 1.29 is 4.79 Å². The van der Waals surface area contributed by atoms with E-state index in [1.807, 2.05) is 27.9 Å². The summed E-state index contributed by atoms with van der Waals surface area (Å²) in [5.74, 6) is 0.148. The highest BCUT2D eigenvalue weighted by atomic mass is 16.2. The lowest BCUT2D eigenvalue weighted by molar-refractivity contribution is -0.118. The Morgan fingerprint density at radius 1 is 1.28 bits per heavy atom. The highest BCUT2D eigenvalue weighted by Crippen LogP contribution is 2.31. The number of benzene rings is 1. The number of fused-ring (bicyclic) bond motifs is 2. The van der Waals surface area contributed by atoms with Crippen molar-refractivity contribution in [2.75, 3.05) is 18.0 Å². The van der Waals surface area contributed by atoms with Crippen molar-refractivity contribution in [2.45, 2.75) is 51.7 Å². The Hall–Kier alpha value is -2.14. The third kappa shape index (κ3) is 3.21. The lowest BCUT2D eigenvalue weighted by Crippen LogP contribution is -2.41. The molecule has 25 heavy (non-hydrogen) atoms. The molecule has 1 saturated heterocycles. The average Bonchev–Trinajstić information content (AvgIpc) is 3.20. The molecule has 0 spiro atoms. The standard InChI is InChI=1S/C20H26N4O/c1-15(2)24-11-9-17(21-24)12-20(25)23-14-18-7-5-10-22(18)13-16-6-3-4-8-19(16)23/h3-4,6,8-9,11,15,18H,5,7,10,12-14H2,1-2H3/t18-/m0/s1. The first-order valence-electron chi connectivity index (χ1n) is 9.28. The fourth-order valence-corrected chi connectivity index (χ4v) is 3.99. The highest BCUT2D eigenvalue weighted by molar-refractivity contribution is 5.95. The first-order chi connectivity index (χ1) is 12.1. The zero-order valence-corrected chi connectivity index (χ0v) is 15.1.